The molecule has 2 heterocycles. The van der Waals surface area contributed by atoms with Gasteiger partial charge in [-0.15, -0.1) is 11.3 Å². The number of rotatable bonds is 3. The SMILES string of the molecule is NC(=O)C1CN(c2csc(C=O)c2)C1. The minimum atomic E-state index is -0.243. The summed E-state index contributed by atoms with van der Waals surface area (Å²) in [5, 5.41) is 1.92. The Morgan fingerprint density at radius 2 is 2.36 bits per heavy atom. The summed E-state index contributed by atoms with van der Waals surface area (Å²) in [6, 6.07) is 1.83. The first kappa shape index (κ1) is 9.21. The number of aldehydes is 1. The number of amides is 1. The number of nitrogens with zero attached hydrogens (tertiary/aromatic N) is 1. The van der Waals surface area contributed by atoms with Crippen LogP contribution in [0, 0.1) is 5.92 Å². The van der Waals surface area contributed by atoms with Crippen molar-refractivity contribution in [3.05, 3.63) is 16.3 Å². The van der Waals surface area contributed by atoms with E-state index < -0.39 is 0 Å². The fourth-order valence-electron chi connectivity index (χ4n) is 1.44. The highest BCUT2D eigenvalue weighted by Crippen LogP contribution is 2.28. The van der Waals surface area contributed by atoms with E-state index in [4.69, 9.17) is 5.73 Å². The summed E-state index contributed by atoms with van der Waals surface area (Å²) in [6.07, 6.45) is 0.833. The maximum Gasteiger partial charge on any atom is 0.224 e. The molecular weight excluding hydrogens is 200 g/mol. The standard InChI is InChI=1S/C9H10N2O2S/c10-9(13)6-2-11(3-6)7-1-8(4-12)14-5-7/h1,4-6H,2-3H2,(H2,10,13). The molecule has 14 heavy (non-hydrogen) atoms. The topological polar surface area (TPSA) is 63.4 Å². The Kier molecular flexibility index (Phi) is 2.25. The van der Waals surface area contributed by atoms with Gasteiger partial charge in [-0.1, -0.05) is 0 Å². The molecule has 0 aromatic carbocycles. The molecule has 0 unspecified atom stereocenters. The number of primary amides is 1. The molecule has 4 nitrogen and oxygen atoms in total. The zero-order valence-corrected chi connectivity index (χ0v) is 8.29. The van der Waals surface area contributed by atoms with Crippen LogP contribution in [0.1, 0.15) is 9.67 Å². The van der Waals surface area contributed by atoms with Crippen LogP contribution in [0.4, 0.5) is 5.69 Å². The van der Waals surface area contributed by atoms with E-state index in [2.05, 4.69) is 0 Å². The van der Waals surface area contributed by atoms with Crippen molar-refractivity contribution in [3.63, 3.8) is 0 Å². The Labute approximate surface area is 85.3 Å². The zero-order valence-electron chi connectivity index (χ0n) is 7.47. The molecule has 1 saturated heterocycles. The van der Waals surface area contributed by atoms with E-state index in [-0.39, 0.29) is 11.8 Å². The Bertz CT molecular complexity index is 369. The third kappa shape index (κ3) is 1.50. The molecule has 0 saturated carbocycles. The van der Waals surface area contributed by atoms with Gasteiger partial charge in [0.05, 0.1) is 10.8 Å². The zero-order chi connectivity index (χ0) is 10.1. The molecule has 1 fully saturated rings. The first-order valence-electron chi connectivity index (χ1n) is 4.28. The van der Waals surface area contributed by atoms with Crippen LogP contribution < -0.4 is 10.6 Å². The second-order valence-electron chi connectivity index (χ2n) is 3.33. The summed E-state index contributed by atoms with van der Waals surface area (Å²) in [4.78, 5) is 24.0. The lowest BCUT2D eigenvalue weighted by atomic mass is 9.99. The van der Waals surface area contributed by atoms with Gasteiger partial charge in [-0.25, -0.2) is 0 Å². The van der Waals surface area contributed by atoms with E-state index in [0.29, 0.717) is 18.0 Å². The predicted molar refractivity (Wildman–Crippen MR) is 54.6 cm³/mol. The third-order valence-corrected chi connectivity index (χ3v) is 3.22. The van der Waals surface area contributed by atoms with Gasteiger partial charge in [-0.2, -0.15) is 0 Å². The van der Waals surface area contributed by atoms with E-state index in [1.807, 2.05) is 16.3 Å². The van der Waals surface area contributed by atoms with Crippen LogP contribution in [0.25, 0.3) is 0 Å². The average Bonchev–Trinajstić information content (AvgIpc) is 2.49. The van der Waals surface area contributed by atoms with E-state index in [0.717, 1.165) is 12.0 Å². The van der Waals surface area contributed by atoms with Crippen molar-refractivity contribution in [3.8, 4) is 0 Å². The Balaban J connectivity index is 1.99. The van der Waals surface area contributed by atoms with Gasteiger partial charge in [0.1, 0.15) is 0 Å². The normalized spacial score (nSPS) is 16.4. The molecule has 2 rings (SSSR count). The predicted octanol–water partition coefficient (Wildman–Crippen LogP) is 0.482. The number of anilines is 1. The molecule has 1 amide bonds. The van der Waals surface area contributed by atoms with E-state index in [1.54, 1.807) is 0 Å². The maximum atomic E-state index is 10.8. The van der Waals surface area contributed by atoms with Gasteiger partial charge < -0.3 is 10.6 Å². The summed E-state index contributed by atoms with van der Waals surface area (Å²) in [6.45, 7) is 1.34. The summed E-state index contributed by atoms with van der Waals surface area (Å²) in [7, 11) is 0. The van der Waals surface area contributed by atoms with Crippen LogP contribution in [-0.2, 0) is 4.79 Å². The summed E-state index contributed by atoms with van der Waals surface area (Å²) in [5.74, 6) is -0.276. The Hall–Kier alpha value is -1.36. The Morgan fingerprint density at radius 3 is 2.86 bits per heavy atom. The molecule has 1 aliphatic rings. The highest BCUT2D eigenvalue weighted by molar-refractivity contribution is 7.12. The number of carbonyl (C=O) groups is 2. The van der Waals surface area contributed by atoms with Gasteiger partial charge >= 0.3 is 0 Å². The molecule has 1 aliphatic heterocycles. The molecule has 0 aliphatic carbocycles. The van der Waals surface area contributed by atoms with E-state index in [1.165, 1.54) is 11.3 Å². The van der Waals surface area contributed by atoms with Crippen molar-refractivity contribution in [1.29, 1.82) is 0 Å². The molecule has 1 aromatic rings. The van der Waals surface area contributed by atoms with Crippen molar-refractivity contribution in [2.24, 2.45) is 11.7 Å². The molecule has 1 aromatic heterocycles. The summed E-state index contributed by atoms with van der Waals surface area (Å²) < 4.78 is 0. The molecule has 74 valence electrons. The van der Waals surface area contributed by atoms with Gasteiger partial charge in [-0.3, -0.25) is 9.59 Å². The average molecular weight is 210 g/mol. The van der Waals surface area contributed by atoms with Gasteiger partial charge in [0.2, 0.25) is 5.91 Å². The highest BCUT2D eigenvalue weighted by atomic mass is 32.1. The monoisotopic (exact) mass is 210 g/mol. The van der Waals surface area contributed by atoms with Crippen molar-refractivity contribution in [1.82, 2.24) is 0 Å². The fraction of sp³-hybridized carbons (Fsp3) is 0.333. The molecule has 0 spiro atoms. The van der Waals surface area contributed by atoms with Crippen molar-refractivity contribution in [2.45, 2.75) is 0 Å². The molecule has 0 bridgehead atoms. The van der Waals surface area contributed by atoms with Gasteiger partial charge in [0.25, 0.3) is 0 Å². The van der Waals surface area contributed by atoms with Crippen molar-refractivity contribution >= 4 is 29.2 Å². The van der Waals surface area contributed by atoms with Crippen LogP contribution in [0.5, 0.6) is 0 Å². The van der Waals surface area contributed by atoms with Gasteiger partial charge in [-0.05, 0) is 6.07 Å². The minimum absolute atomic E-state index is 0.0328. The van der Waals surface area contributed by atoms with Crippen LogP contribution in [0.15, 0.2) is 11.4 Å². The Morgan fingerprint density at radius 1 is 1.64 bits per heavy atom. The summed E-state index contributed by atoms with van der Waals surface area (Å²) >= 11 is 1.41. The first-order valence-corrected chi connectivity index (χ1v) is 5.16. The highest BCUT2D eigenvalue weighted by Gasteiger charge is 2.31. The molecular formula is C9H10N2O2S. The number of thiophene rings is 1. The molecule has 0 radical (unpaired) electrons. The van der Waals surface area contributed by atoms with Crippen LogP contribution in [0.2, 0.25) is 0 Å². The largest absolute Gasteiger partial charge is 0.369 e. The number of carbonyl (C=O) groups excluding carboxylic acids is 2. The minimum Gasteiger partial charge on any atom is -0.369 e. The summed E-state index contributed by atoms with van der Waals surface area (Å²) in [5.41, 5.74) is 6.16. The lowest BCUT2D eigenvalue weighted by Gasteiger charge is -2.38. The van der Waals surface area contributed by atoms with Crippen molar-refractivity contribution < 1.29 is 9.59 Å². The maximum absolute atomic E-state index is 10.8. The van der Waals surface area contributed by atoms with Crippen LogP contribution in [0.3, 0.4) is 0 Å². The molecule has 5 heteroatoms. The lowest BCUT2D eigenvalue weighted by Crippen LogP contribution is -2.52. The smallest absolute Gasteiger partial charge is 0.224 e. The molecule has 0 atom stereocenters. The second-order valence-corrected chi connectivity index (χ2v) is 4.27. The van der Waals surface area contributed by atoms with Crippen molar-refractivity contribution in [2.75, 3.05) is 18.0 Å². The fourth-order valence-corrected chi connectivity index (χ4v) is 2.16. The quantitative estimate of drug-likeness (QED) is 0.738. The first-order chi connectivity index (χ1) is 6.70. The third-order valence-electron chi connectivity index (χ3n) is 2.37. The van der Waals surface area contributed by atoms with E-state index in [9.17, 15) is 9.59 Å². The van der Waals surface area contributed by atoms with E-state index >= 15 is 0 Å². The lowest BCUT2D eigenvalue weighted by molar-refractivity contribution is -0.122. The van der Waals surface area contributed by atoms with Gasteiger partial charge in [0, 0.05) is 24.2 Å². The number of hydrogen-bond acceptors (Lipinski definition) is 4. The van der Waals surface area contributed by atoms with Gasteiger partial charge in [0.15, 0.2) is 6.29 Å². The number of nitrogens with two attached hydrogens (primary N) is 1. The van der Waals surface area contributed by atoms with Crippen LogP contribution >= 0.6 is 11.3 Å². The number of hydrogen-bond donors (Lipinski definition) is 1. The molecule has 2 N–H and O–H groups in total. The second kappa shape index (κ2) is 3.42. The van der Waals surface area contributed by atoms with Crippen LogP contribution in [-0.4, -0.2) is 25.3 Å².